The lowest BCUT2D eigenvalue weighted by Crippen LogP contribution is -2.24. The van der Waals surface area contributed by atoms with Gasteiger partial charge in [0.25, 0.3) is 0 Å². The van der Waals surface area contributed by atoms with Gasteiger partial charge in [-0.1, -0.05) is 54.1 Å². The number of anilines is 3. The van der Waals surface area contributed by atoms with Crippen molar-refractivity contribution in [3.05, 3.63) is 138 Å². The number of aromatic nitrogens is 2. The molecule has 220 valence electrons. The molecule has 2 aromatic heterocycles. The van der Waals surface area contributed by atoms with Crippen LogP contribution in [0.5, 0.6) is 11.5 Å². The lowest BCUT2D eigenvalue weighted by atomic mass is 9.93. The van der Waals surface area contributed by atoms with Crippen LogP contribution < -0.4 is 14.5 Å². The van der Waals surface area contributed by atoms with E-state index in [2.05, 4.69) is 145 Å². The normalized spacial score (nSPS) is 12.7. The van der Waals surface area contributed by atoms with Crippen molar-refractivity contribution in [2.75, 3.05) is 23.5 Å². The van der Waals surface area contributed by atoms with E-state index in [1.165, 1.54) is 39.0 Å². The molecule has 0 atom stereocenters. The monoisotopic (exact) mass is 586 g/mol. The average molecular weight is 587 g/mol. The number of rotatable bonds is 5. The first-order valence-electron chi connectivity index (χ1n) is 15.4. The van der Waals surface area contributed by atoms with Gasteiger partial charge < -0.3 is 14.5 Å². The van der Waals surface area contributed by atoms with Crippen LogP contribution in [0.25, 0.3) is 38.8 Å². The highest BCUT2D eigenvalue weighted by molar-refractivity contribution is 6.07. The molecule has 0 unspecified atom stereocenters. The highest BCUT2D eigenvalue weighted by Crippen LogP contribution is 2.43. The first kappa shape index (κ1) is 27.0. The van der Waals surface area contributed by atoms with Gasteiger partial charge in [0, 0.05) is 41.8 Å². The number of benzene rings is 5. The minimum atomic E-state index is 0.768. The van der Waals surface area contributed by atoms with Crippen LogP contribution in [0, 0.1) is 20.8 Å². The van der Waals surface area contributed by atoms with Gasteiger partial charge >= 0.3 is 0 Å². The maximum Gasteiger partial charge on any atom is 0.145 e. The third kappa shape index (κ3) is 4.59. The van der Waals surface area contributed by atoms with Crippen molar-refractivity contribution >= 4 is 39.0 Å². The fraction of sp³-hybridized carbons (Fsp3) is 0.125. The summed E-state index contributed by atoms with van der Waals surface area (Å²) in [6.45, 7) is 7.32. The van der Waals surface area contributed by atoms with Crippen molar-refractivity contribution in [1.82, 2.24) is 9.55 Å². The van der Waals surface area contributed by atoms with Crippen molar-refractivity contribution in [3.63, 3.8) is 0 Å². The summed E-state index contributed by atoms with van der Waals surface area (Å²) in [5, 5.41) is 2.32. The molecule has 0 saturated heterocycles. The zero-order chi connectivity index (χ0) is 30.7. The molecule has 5 aromatic carbocycles. The van der Waals surface area contributed by atoms with Crippen molar-refractivity contribution in [1.29, 1.82) is 0 Å². The van der Waals surface area contributed by atoms with Gasteiger partial charge in [0.1, 0.15) is 17.1 Å². The zero-order valence-electron chi connectivity index (χ0n) is 26.0. The maximum absolute atomic E-state index is 6.75. The lowest BCUT2D eigenvalue weighted by molar-refractivity contribution is 0.483. The summed E-state index contributed by atoms with van der Waals surface area (Å²) in [4.78, 5) is 9.42. The largest absolute Gasteiger partial charge is 0.457 e. The van der Waals surface area contributed by atoms with E-state index in [1.54, 1.807) is 0 Å². The third-order valence-corrected chi connectivity index (χ3v) is 8.85. The van der Waals surface area contributed by atoms with Gasteiger partial charge in [-0.05, 0) is 97.6 Å². The van der Waals surface area contributed by atoms with Crippen molar-refractivity contribution < 1.29 is 4.74 Å². The molecular formula is C40H34N4O. The Morgan fingerprint density at radius 1 is 0.644 bits per heavy atom. The van der Waals surface area contributed by atoms with Gasteiger partial charge in [0.15, 0.2) is 0 Å². The van der Waals surface area contributed by atoms with Crippen LogP contribution in [0.2, 0.25) is 0 Å². The van der Waals surface area contributed by atoms with Gasteiger partial charge in [-0.15, -0.1) is 0 Å². The molecule has 0 spiro atoms. The van der Waals surface area contributed by atoms with E-state index in [0.717, 1.165) is 51.7 Å². The maximum atomic E-state index is 6.75. The minimum absolute atomic E-state index is 0.768. The second-order valence-corrected chi connectivity index (χ2v) is 12.1. The predicted molar refractivity (Wildman–Crippen MR) is 187 cm³/mol. The Bertz CT molecular complexity index is 2170. The summed E-state index contributed by atoms with van der Waals surface area (Å²) in [5.74, 6) is 1.57. The van der Waals surface area contributed by atoms with Gasteiger partial charge in [0.2, 0.25) is 0 Å². The van der Waals surface area contributed by atoms with E-state index in [-0.39, 0.29) is 0 Å². The molecule has 1 aliphatic rings. The van der Waals surface area contributed by atoms with Crippen LogP contribution in [0.1, 0.15) is 16.7 Å². The molecule has 8 rings (SSSR count). The quantitative estimate of drug-likeness (QED) is 0.201. The molecule has 7 aromatic rings. The third-order valence-electron chi connectivity index (χ3n) is 8.85. The molecule has 5 nitrogen and oxygen atoms in total. The highest BCUT2D eigenvalue weighted by atomic mass is 16.5. The summed E-state index contributed by atoms with van der Waals surface area (Å²) in [6.07, 6.45) is 1.86. The minimum Gasteiger partial charge on any atom is -0.457 e. The summed E-state index contributed by atoms with van der Waals surface area (Å²) >= 11 is 0. The number of nitrogens with zero attached hydrogens (tertiary/aromatic N) is 4. The van der Waals surface area contributed by atoms with Gasteiger partial charge in [-0.2, -0.15) is 0 Å². The SMILES string of the molecule is Cc1cc(C)c(-c2cc(Oc3cccc(-n4c5ccccc5c5cccnc54)c3)cc(N3CN(C)c4ccccc43)c2)c(C)c1. The molecule has 3 heterocycles. The summed E-state index contributed by atoms with van der Waals surface area (Å²) in [5.41, 5.74) is 12.8. The second-order valence-electron chi connectivity index (χ2n) is 12.1. The Labute approximate surface area is 263 Å². The molecule has 45 heavy (non-hydrogen) atoms. The number of aryl methyl sites for hydroxylation is 3. The molecule has 0 amide bonds. The topological polar surface area (TPSA) is 33.5 Å². The van der Waals surface area contributed by atoms with Crippen LogP contribution in [0.15, 0.2) is 121 Å². The first-order chi connectivity index (χ1) is 21.9. The summed E-state index contributed by atoms with van der Waals surface area (Å²) in [6, 6.07) is 40.6. The average Bonchev–Trinajstić information content (AvgIpc) is 3.56. The Balaban J connectivity index is 1.25. The standard InChI is InChI=1S/C40H34N4O/c1-26-19-27(2)39(28(3)20-26)29-21-31(43-25-42(4)37-16-7-8-17-38(37)43)24-33(22-29)45-32-12-9-11-30(23-32)44-36-15-6-5-13-34(36)35-14-10-18-41-40(35)44/h5-24H,25H2,1-4H3. The number of fused-ring (bicyclic) bond motifs is 4. The van der Waals surface area contributed by atoms with Crippen molar-refractivity contribution in [3.8, 4) is 28.3 Å². The smallest absolute Gasteiger partial charge is 0.145 e. The molecule has 0 bridgehead atoms. The van der Waals surface area contributed by atoms with Crippen LogP contribution in [0.4, 0.5) is 17.1 Å². The van der Waals surface area contributed by atoms with E-state index in [1.807, 2.05) is 18.3 Å². The first-order valence-corrected chi connectivity index (χ1v) is 15.4. The molecule has 0 aliphatic carbocycles. The second kappa shape index (κ2) is 10.6. The lowest BCUT2D eigenvalue weighted by Gasteiger charge is -2.22. The van der Waals surface area contributed by atoms with Crippen LogP contribution in [-0.4, -0.2) is 23.3 Å². The van der Waals surface area contributed by atoms with Crippen LogP contribution in [-0.2, 0) is 0 Å². The fourth-order valence-corrected chi connectivity index (χ4v) is 7.06. The van der Waals surface area contributed by atoms with E-state index in [9.17, 15) is 0 Å². The van der Waals surface area contributed by atoms with Gasteiger partial charge in [0.05, 0.1) is 29.2 Å². The van der Waals surface area contributed by atoms with Crippen molar-refractivity contribution in [2.45, 2.75) is 20.8 Å². The Hall–Kier alpha value is -5.55. The molecule has 0 fully saturated rings. The van der Waals surface area contributed by atoms with Crippen LogP contribution in [0.3, 0.4) is 0 Å². The number of hydrogen-bond donors (Lipinski definition) is 0. The molecule has 0 saturated carbocycles. The Morgan fingerprint density at radius 3 is 2.22 bits per heavy atom. The molecular weight excluding hydrogens is 552 g/mol. The van der Waals surface area contributed by atoms with E-state index < -0.39 is 0 Å². The highest BCUT2D eigenvalue weighted by Gasteiger charge is 2.25. The van der Waals surface area contributed by atoms with E-state index >= 15 is 0 Å². The number of ether oxygens (including phenoxy) is 1. The van der Waals surface area contributed by atoms with E-state index in [4.69, 9.17) is 9.72 Å². The van der Waals surface area contributed by atoms with E-state index in [0.29, 0.717) is 0 Å². The predicted octanol–water partition coefficient (Wildman–Crippen LogP) is 10.1. The molecule has 0 N–H and O–H groups in total. The molecule has 0 radical (unpaired) electrons. The van der Waals surface area contributed by atoms with Crippen molar-refractivity contribution in [2.24, 2.45) is 0 Å². The number of para-hydroxylation sites is 3. The Morgan fingerprint density at radius 2 is 1.38 bits per heavy atom. The number of pyridine rings is 1. The molecule has 1 aliphatic heterocycles. The molecule has 5 heteroatoms. The van der Waals surface area contributed by atoms with Gasteiger partial charge in [-0.25, -0.2) is 4.98 Å². The summed E-state index contributed by atoms with van der Waals surface area (Å²) in [7, 11) is 2.14. The van der Waals surface area contributed by atoms with Crippen LogP contribution >= 0.6 is 0 Å². The Kier molecular flexibility index (Phi) is 6.35. The fourth-order valence-electron chi connectivity index (χ4n) is 7.06. The zero-order valence-corrected chi connectivity index (χ0v) is 26.0. The number of hydrogen-bond acceptors (Lipinski definition) is 4. The van der Waals surface area contributed by atoms with Gasteiger partial charge in [-0.3, -0.25) is 4.57 Å². The summed E-state index contributed by atoms with van der Waals surface area (Å²) < 4.78 is 8.97.